The molecule has 4 heterocycles. The second-order valence-electron chi connectivity index (χ2n) is 11.8. The zero-order valence-electron chi connectivity index (χ0n) is 24.5. The SMILES string of the molecule is C[C@H]1CCN(C2CCSCC2)[C@@H]2CN3C=C(C(=O)NCc4ccc(F)cc4F)C(=O)C(O)(OCc4ccccc4)C3C(=O)N12. The van der Waals surface area contributed by atoms with Crippen LogP contribution in [0.3, 0.4) is 0 Å². The highest BCUT2D eigenvalue weighted by molar-refractivity contribution is 7.99. The maximum absolute atomic E-state index is 14.3. The van der Waals surface area contributed by atoms with Gasteiger partial charge in [0.2, 0.25) is 5.78 Å². The van der Waals surface area contributed by atoms with Gasteiger partial charge in [0.25, 0.3) is 17.6 Å². The lowest BCUT2D eigenvalue weighted by atomic mass is 9.86. The molecule has 4 atom stereocenters. The fourth-order valence-corrected chi connectivity index (χ4v) is 7.81. The molecule has 4 aliphatic heterocycles. The summed E-state index contributed by atoms with van der Waals surface area (Å²) in [6, 6.07) is 10.7. The van der Waals surface area contributed by atoms with Gasteiger partial charge in [0.1, 0.15) is 23.4 Å². The predicted octanol–water partition coefficient (Wildman–Crippen LogP) is 2.78. The van der Waals surface area contributed by atoms with Crippen LogP contribution in [0.25, 0.3) is 0 Å². The molecule has 0 radical (unpaired) electrons. The van der Waals surface area contributed by atoms with Crippen LogP contribution in [0, 0.1) is 11.6 Å². The predicted molar refractivity (Wildman–Crippen MR) is 160 cm³/mol. The molecular formula is C32H36F2N4O5S. The van der Waals surface area contributed by atoms with Crippen LogP contribution in [0.15, 0.2) is 60.3 Å². The largest absolute Gasteiger partial charge is 0.357 e. The lowest BCUT2D eigenvalue weighted by molar-refractivity contribution is -0.246. The van der Waals surface area contributed by atoms with Crippen LogP contribution in [0.1, 0.15) is 37.3 Å². The Labute approximate surface area is 259 Å². The van der Waals surface area contributed by atoms with Crippen molar-refractivity contribution in [2.75, 3.05) is 24.6 Å². The molecular weight excluding hydrogens is 590 g/mol. The molecule has 2 aromatic rings. The quantitative estimate of drug-likeness (QED) is 0.358. The summed E-state index contributed by atoms with van der Waals surface area (Å²) in [5, 5.41) is 14.5. The summed E-state index contributed by atoms with van der Waals surface area (Å²) in [6.07, 6.45) is 3.79. The van der Waals surface area contributed by atoms with E-state index in [4.69, 9.17) is 4.74 Å². The Morgan fingerprint density at radius 2 is 1.86 bits per heavy atom. The van der Waals surface area contributed by atoms with E-state index in [9.17, 15) is 28.3 Å². The number of ether oxygens (including phenoxy) is 1. The first-order valence-corrected chi connectivity index (χ1v) is 16.1. The average molecular weight is 627 g/mol. The van der Waals surface area contributed by atoms with E-state index in [0.717, 1.165) is 43.4 Å². The third kappa shape index (κ3) is 5.76. The van der Waals surface area contributed by atoms with Crippen LogP contribution >= 0.6 is 11.8 Å². The number of thioether (sulfide) groups is 1. The number of aliphatic hydroxyl groups is 1. The Bertz CT molecular complexity index is 1460. The second kappa shape index (κ2) is 12.6. The molecule has 9 nitrogen and oxygen atoms in total. The highest BCUT2D eigenvalue weighted by atomic mass is 32.2. The third-order valence-electron chi connectivity index (χ3n) is 9.07. The minimum absolute atomic E-state index is 0.0262. The number of halogens is 2. The topological polar surface area (TPSA) is 102 Å². The van der Waals surface area contributed by atoms with Crippen LogP contribution < -0.4 is 5.32 Å². The number of nitrogens with zero attached hydrogens (tertiary/aromatic N) is 3. The summed E-state index contributed by atoms with van der Waals surface area (Å²) in [5.74, 6) is -4.52. The molecule has 2 aromatic carbocycles. The fourth-order valence-electron chi connectivity index (χ4n) is 6.72. The van der Waals surface area contributed by atoms with Gasteiger partial charge in [-0.2, -0.15) is 11.8 Å². The maximum atomic E-state index is 14.3. The van der Waals surface area contributed by atoms with Gasteiger partial charge in [0, 0.05) is 43.0 Å². The number of piperazine rings is 1. The Morgan fingerprint density at radius 1 is 1.11 bits per heavy atom. The number of amides is 2. The van der Waals surface area contributed by atoms with Gasteiger partial charge in [-0.3, -0.25) is 19.3 Å². The first kappa shape index (κ1) is 30.7. The maximum Gasteiger partial charge on any atom is 0.262 e. The van der Waals surface area contributed by atoms with E-state index >= 15 is 0 Å². The molecule has 4 aliphatic rings. The van der Waals surface area contributed by atoms with Gasteiger partial charge in [-0.05, 0) is 49.3 Å². The van der Waals surface area contributed by atoms with Gasteiger partial charge in [0.05, 0.1) is 13.2 Å². The van der Waals surface area contributed by atoms with Gasteiger partial charge in [0.15, 0.2) is 6.04 Å². The summed E-state index contributed by atoms with van der Waals surface area (Å²) < 4.78 is 33.6. The molecule has 44 heavy (non-hydrogen) atoms. The normalized spacial score (nSPS) is 27.9. The fraction of sp³-hybridized carbons (Fsp3) is 0.469. The molecule has 3 saturated heterocycles. The number of nitrogens with one attached hydrogen (secondary N) is 1. The summed E-state index contributed by atoms with van der Waals surface area (Å²) in [5.41, 5.74) is 0.282. The minimum Gasteiger partial charge on any atom is -0.357 e. The average Bonchev–Trinajstić information content (AvgIpc) is 3.02. The van der Waals surface area contributed by atoms with Crippen LogP contribution in [-0.4, -0.2) is 92.1 Å². The van der Waals surface area contributed by atoms with E-state index in [2.05, 4.69) is 10.2 Å². The van der Waals surface area contributed by atoms with Crippen molar-refractivity contribution >= 4 is 29.4 Å². The second-order valence-corrected chi connectivity index (χ2v) is 13.0. The molecule has 3 fully saturated rings. The van der Waals surface area contributed by atoms with Crippen molar-refractivity contribution in [2.24, 2.45) is 0 Å². The van der Waals surface area contributed by atoms with Crippen molar-refractivity contribution in [1.29, 1.82) is 0 Å². The Kier molecular flexibility index (Phi) is 8.78. The molecule has 12 heteroatoms. The van der Waals surface area contributed by atoms with Gasteiger partial charge in [-0.1, -0.05) is 36.4 Å². The van der Waals surface area contributed by atoms with Crippen LogP contribution in [0.2, 0.25) is 0 Å². The Balaban J connectivity index is 1.33. The molecule has 234 valence electrons. The van der Waals surface area contributed by atoms with Crippen LogP contribution in [-0.2, 0) is 32.3 Å². The standard InChI is InChI=1S/C32H36F2N4O5S/c1-20-9-12-37(24-10-13-44-14-11-24)27-18-36-17-25(30(40)35-16-22-7-8-23(33)15-26(22)34)29(39)32(42,28(36)31(41)38(20)27)43-19-21-5-3-2-4-6-21/h2-8,15,17,20,24,27-28,42H,9-14,16,18-19H2,1H3,(H,35,40)/t20-,27-,28?,32?/m0/s1. The van der Waals surface area contributed by atoms with Gasteiger partial charge >= 0.3 is 0 Å². The van der Waals surface area contributed by atoms with Gasteiger partial charge < -0.3 is 25.0 Å². The number of hydrogen-bond acceptors (Lipinski definition) is 8. The highest BCUT2D eigenvalue weighted by Crippen LogP contribution is 2.39. The number of benzene rings is 2. The van der Waals surface area contributed by atoms with Crippen molar-refractivity contribution < 1.29 is 33.0 Å². The lowest BCUT2D eigenvalue weighted by Crippen LogP contribution is -2.77. The Hall–Kier alpha value is -3.32. The number of carbonyl (C=O) groups excluding carboxylic acids is 3. The number of Topliss-reactive ketones (excluding diaryl/α,β-unsaturated/α-hetero) is 1. The van der Waals surface area contributed by atoms with Crippen molar-refractivity contribution in [3.8, 4) is 0 Å². The van der Waals surface area contributed by atoms with E-state index in [1.807, 2.05) is 24.8 Å². The van der Waals surface area contributed by atoms with Gasteiger partial charge in [-0.15, -0.1) is 0 Å². The van der Waals surface area contributed by atoms with E-state index in [1.165, 1.54) is 12.3 Å². The molecule has 0 aliphatic carbocycles. The van der Waals surface area contributed by atoms with Crippen LogP contribution in [0.4, 0.5) is 8.78 Å². The summed E-state index contributed by atoms with van der Waals surface area (Å²) >= 11 is 1.92. The number of fused-ring (bicyclic) bond motifs is 2. The van der Waals surface area contributed by atoms with E-state index in [-0.39, 0.29) is 37.5 Å². The van der Waals surface area contributed by atoms with E-state index < -0.39 is 46.6 Å². The van der Waals surface area contributed by atoms with E-state index in [1.54, 1.807) is 34.1 Å². The number of carbonyl (C=O) groups is 3. The van der Waals surface area contributed by atoms with Gasteiger partial charge in [-0.25, -0.2) is 8.78 Å². The molecule has 0 aromatic heterocycles. The summed E-state index contributed by atoms with van der Waals surface area (Å²) in [6.45, 7) is 2.56. The van der Waals surface area contributed by atoms with Crippen molar-refractivity contribution in [2.45, 2.75) is 69.4 Å². The molecule has 0 bridgehead atoms. The smallest absolute Gasteiger partial charge is 0.262 e. The number of hydrogen-bond donors (Lipinski definition) is 2. The third-order valence-corrected chi connectivity index (χ3v) is 10.1. The van der Waals surface area contributed by atoms with Crippen molar-refractivity contribution in [1.82, 2.24) is 20.0 Å². The molecule has 2 amide bonds. The van der Waals surface area contributed by atoms with Crippen LogP contribution in [0.5, 0.6) is 0 Å². The molecule has 6 rings (SSSR count). The monoisotopic (exact) mass is 626 g/mol. The zero-order valence-corrected chi connectivity index (χ0v) is 25.3. The highest BCUT2D eigenvalue weighted by Gasteiger charge is 2.61. The van der Waals surface area contributed by atoms with Crippen molar-refractivity contribution in [3.05, 3.63) is 83.1 Å². The first-order valence-electron chi connectivity index (χ1n) is 15.0. The molecule has 0 saturated carbocycles. The molecule has 2 unspecified atom stereocenters. The lowest BCUT2D eigenvalue weighted by Gasteiger charge is -2.58. The molecule has 0 spiro atoms. The number of ketones is 1. The molecule has 2 N–H and O–H groups in total. The zero-order chi connectivity index (χ0) is 31.0. The Morgan fingerprint density at radius 3 is 2.59 bits per heavy atom. The minimum atomic E-state index is -2.66. The number of rotatable bonds is 7. The van der Waals surface area contributed by atoms with E-state index in [0.29, 0.717) is 17.7 Å². The summed E-state index contributed by atoms with van der Waals surface area (Å²) in [4.78, 5) is 47.4. The van der Waals surface area contributed by atoms with Crippen molar-refractivity contribution in [3.63, 3.8) is 0 Å². The summed E-state index contributed by atoms with van der Waals surface area (Å²) in [7, 11) is 0. The first-order chi connectivity index (χ1) is 21.2.